The standard InChI is InChI=1S/C69H127O24P/c1-4-7-10-13-16-19-22-24-25-27-30-33-36-39-42-45-55(73)88-50(47-85-53(71)43-40-37-34-31-28-21-18-15-12-9-6-3)48-87-94(83,84)93-67-65(91-68-63(81)58(76)56(74)51(46-70)89-68)61(79)60(78)62(80)66(67)92-69-64(82)59(77)57(75)52(90-69)49-86-54(72)44-41-38-35-32-29-26-23-20-17-14-11-8-5-2/h26,29,50-52,56-70,74-82H,4-25,27-28,30-49H2,1-3H3,(H,83,84)/b29-26-. The maximum absolute atomic E-state index is 14.3. The van der Waals surface area contributed by atoms with E-state index in [-0.39, 0.29) is 19.3 Å². The van der Waals surface area contributed by atoms with Gasteiger partial charge >= 0.3 is 25.7 Å². The first-order chi connectivity index (χ1) is 45.3. The number of rotatable bonds is 56. The summed E-state index contributed by atoms with van der Waals surface area (Å²) in [5.41, 5.74) is 0. The van der Waals surface area contributed by atoms with Crippen LogP contribution in [0.4, 0.5) is 0 Å². The van der Waals surface area contributed by atoms with Crippen LogP contribution < -0.4 is 0 Å². The van der Waals surface area contributed by atoms with Gasteiger partial charge in [-0.25, -0.2) is 4.57 Å². The van der Waals surface area contributed by atoms with Gasteiger partial charge in [0.2, 0.25) is 0 Å². The summed E-state index contributed by atoms with van der Waals surface area (Å²) in [6, 6.07) is 0. The Bertz CT molecular complexity index is 2010. The van der Waals surface area contributed by atoms with E-state index in [2.05, 4.69) is 32.9 Å². The highest BCUT2D eigenvalue weighted by Gasteiger charge is 2.58. The Balaban J connectivity index is 1.75. The number of esters is 3. The molecule has 1 aliphatic carbocycles. The number of aliphatic hydroxyl groups is 10. The molecule has 3 aliphatic rings. The van der Waals surface area contributed by atoms with E-state index in [1.165, 1.54) is 122 Å². The van der Waals surface area contributed by atoms with Gasteiger partial charge < -0.3 is 89.1 Å². The van der Waals surface area contributed by atoms with Crippen molar-refractivity contribution in [2.75, 3.05) is 26.4 Å². The molecule has 3 rings (SSSR count). The average molecular weight is 1370 g/mol. The largest absolute Gasteiger partial charge is 0.472 e. The molecule has 11 N–H and O–H groups in total. The first kappa shape index (κ1) is 85.9. The average Bonchev–Trinajstić information content (AvgIpc) is 0.805. The fourth-order valence-electron chi connectivity index (χ4n) is 12.0. The minimum Gasteiger partial charge on any atom is -0.463 e. The topological polar surface area (TPSA) is 374 Å². The normalized spacial score (nSPS) is 28.3. The van der Waals surface area contributed by atoms with Crippen molar-refractivity contribution < 1.29 is 117 Å². The molecule has 18 unspecified atom stereocenters. The van der Waals surface area contributed by atoms with Crippen molar-refractivity contribution in [3.05, 3.63) is 12.2 Å². The fourth-order valence-corrected chi connectivity index (χ4v) is 13.0. The van der Waals surface area contributed by atoms with E-state index in [0.717, 1.165) is 96.3 Å². The fraction of sp³-hybridized carbons (Fsp3) is 0.928. The zero-order chi connectivity index (χ0) is 68.9. The minimum absolute atomic E-state index is 0.00931. The first-order valence-corrected chi connectivity index (χ1v) is 38.0. The van der Waals surface area contributed by atoms with Crippen LogP contribution in [0, 0.1) is 0 Å². The van der Waals surface area contributed by atoms with Crippen LogP contribution in [-0.2, 0) is 61.2 Å². The first-order valence-electron chi connectivity index (χ1n) is 36.5. The minimum atomic E-state index is -5.69. The number of phosphoric acid groups is 1. The van der Waals surface area contributed by atoms with Crippen LogP contribution in [0.3, 0.4) is 0 Å². The van der Waals surface area contributed by atoms with Gasteiger partial charge in [-0.1, -0.05) is 226 Å². The highest BCUT2D eigenvalue weighted by Crippen LogP contribution is 2.49. The van der Waals surface area contributed by atoms with Gasteiger partial charge in [0.05, 0.1) is 13.2 Å². The number of carbonyl (C=O) groups excluding carboxylic acids is 3. The molecule has 2 heterocycles. The zero-order valence-electron chi connectivity index (χ0n) is 57.3. The van der Waals surface area contributed by atoms with Gasteiger partial charge in [-0.3, -0.25) is 23.4 Å². The molecule has 2 saturated heterocycles. The predicted octanol–water partition coefficient (Wildman–Crippen LogP) is 9.18. The Hall–Kier alpha value is -2.30. The number of hydrogen-bond acceptors (Lipinski definition) is 23. The van der Waals surface area contributed by atoms with Gasteiger partial charge in [-0.2, -0.15) is 0 Å². The zero-order valence-corrected chi connectivity index (χ0v) is 58.2. The van der Waals surface area contributed by atoms with Gasteiger partial charge in [0.25, 0.3) is 0 Å². The number of phosphoric ester groups is 1. The third kappa shape index (κ3) is 35.1. The summed E-state index contributed by atoms with van der Waals surface area (Å²) in [5, 5.41) is 110. The lowest BCUT2D eigenvalue weighted by molar-refractivity contribution is -0.360. The van der Waals surface area contributed by atoms with Crippen molar-refractivity contribution in [2.45, 2.75) is 382 Å². The van der Waals surface area contributed by atoms with E-state index in [1.54, 1.807) is 0 Å². The van der Waals surface area contributed by atoms with Crippen molar-refractivity contribution in [2.24, 2.45) is 0 Å². The van der Waals surface area contributed by atoms with Gasteiger partial charge in [-0.05, 0) is 44.9 Å². The lowest BCUT2D eigenvalue weighted by atomic mass is 9.84. The molecule has 0 radical (unpaired) electrons. The van der Waals surface area contributed by atoms with Gasteiger partial charge in [0, 0.05) is 19.3 Å². The van der Waals surface area contributed by atoms with E-state index >= 15 is 0 Å². The molecule has 0 bridgehead atoms. The monoisotopic (exact) mass is 1370 g/mol. The summed E-state index contributed by atoms with van der Waals surface area (Å²) in [4.78, 5) is 50.8. The van der Waals surface area contributed by atoms with Crippen LogP contribution in [0.15, 0.2) is 12.2 Å². The molecule has 18 atom stereocenters. The Labute approximate surface area is 561 Å². The van der Waals surface area contributed by atoms with E-state index in [0.29, 0.717) is 19.3 Å². The molecule has 0 aromatic carbocycles. The summed E-state index contributed by atoms with van der Waals surface area (Å²) >= 11 is 0. The van der Waals surface area contributed by atoms with Gasteiger partial charge in [-0.15, -0.1) is 0 Å². The lowest BCUT2D eigenvalue weighted by Crippen LogP contribution is -2.69. The molecule has 0 amide bonds. The molecule has 1 saturated carbocycles. The summed E-state index contributed by atoms with van der Waals surface area (Å²) in [6.07, 6.45) is 8.73. The Morgan fingerprint density at radius 2 is 0.745 bits per heavy atom. The molecule has 24 nitrogen and oxygen atoms in total. The third-order valence-corrected chi connectivity index (χ3v) is 19.0. The number of carbonyl (C=O) groups is 3. The number of ether oxygens (including phenoxy) is 7. The van der Waals surface area contributed by atoms with Crippen molar-refractivity contribution >= 4 is 25.7 Å². The predicted molar refractivity (Wildman–Crippen MR) is 352 cm³/mol. The Morgan fingerprint density at radius 1 is 0.404 bits per heavy atom. The van der Waals surface area contributed by atoms with Crippen molar-refractivity contribution in [3.8, 4) is 0 Å². The Morgan fingerprint density at radius 3 is 1.16 bits per heavy atom. The quantitative estimate of drug-likeness (QED) is 0.00888. The molecule has 25 heteroatoms. The summed E-state index contributed by atoms with van der Waals surface area (Å²) < 4.78 is 64.9. The molecule has 94 heavy (non-hydrogen) atoms. The summed E-state index contributed by atoms with van der Waals surface area (Å²) in [6.45, 7) is 3.41. The number of hydrogen-bond donors (Lipinski definition) is 11. The number of aliphatic hydroxyl groups excluding tert-OH is 10. The highest BCUT2D eigenvalue weighted by molar-refractivity contribution is 7.47. The Kier molecular flexibility index (Phi) is 47.3. The summed E-state index contributed by atoms with van der Waals surface area (Å²) in [7, 11) is -5.69. The highest BCUT2D eigenvalue weighted by atomic mass is 31.2. The smallest absolute Gasteiger partial charge is 0.463 e. The second-order valence-electron chi connectivity index (χ2n) is 26.3. The SMILES string of the molecule is CCCCCCCC/C=C\CCCCCC(=O)OCC1OC(OC2C(O)C(O)C(O)C(OC3OC(CO)C(O)C(O)C3O)C2OP(=O)(O)OCC(COC(=O)CCCCCCCCCCCCC)OC(=O)CCCCCCCCCCCCCCCCC)C(O)C(O)C1O. The molecule has 3 fully saturated rings. The molecular formula is C69H127O24P. The molecular weight excluding hydrogens is 1240 g/mol. The van der Waals surface area contributed by atoms with Crippen molar-refractivity contribution in [1.82, 2.24) is 0 Å². The lowest BCUT2D eigenvalue weighted by Gasteiger charge is -2.49. The molecule has 0 spiro atoms. The van der Waals surface area contributed by atoms with E-state index < -0.39 is 156 Å². The van der Waals surface area contributed by atoms with E-state index in [1.807, 2.05) is 0 Å². The van der Waals surface area contributed by atoms with E-state index in [4.69, 9.17) is 42.2 Å². The van der Waals surface area contributed by atoms with Crippen LogP contribution in [-0.4, -0.2) is 204 Å². The van der Waals surface area contributed by atoms with Crippen LogP contribution in [0.25, 0.3) is 0 Å². The van der Waals surface area contributed by atoms with Crippen LogP contribution >= 0.6 is 7.82 Å². The number of unbranched alkanes of at least 4 members (excludes halogenated alkanes) is 33. The van der Waals surface area contributed by atoms with Crippen LogP contribution in [0.2, 0.25) is 0 Å². The molecule has 2 aliphatic heterocycles. The third-order valence-electron chi connectivity index (χ3n) is 18.0. The van der Waals surface area contributed by atoms with E-state index in [9.17, 15) is 74.9 Å². The second-order valence-corrected chi connectivity index (χ2v) is 27.7. The van der Waals surface area contributed by atoms with Gasteiger partial charge in [0.15, 0.2) is 18.7 Å². The van der Waals surface area contributed by atoms with Crippen LogP contribution in [0.5, 0.6) is 0 Å². The number of allylic oxidation sites excluding steroid dienone is 2. The molecule has 552 valence electrons. The second kappa shape index (κ2) is 51.8. The maximum atomic E-state index is 14.3. The van der Waals surface area contributed by atoms with Crippen LogP contribution in [0.1, 0.15) is 278 Å². The van der Waals surface area contributed by atoms with Crippen molar-refractivity contribution in [3.63, 3.8) is 0 Å². The maximum Gasteiger partial charge on any atom is 0.472 e. The summed E-state index contributed by atoms with van der Waals surface area (Å²) in [5.74, 6) is -2.00. The molecule has 0 aromatic rings. The van der Waals surface area contributed by atoms with Crippen molar-refractivity contribution in [1.29, 1.82) is 0 Å². The van der Waals surface area contributed by atoms with Gasteiger partial charge in [0.1, 0.15) is 98.7 Å². The molecule has 0 aromatic heterocycles.